The van der Waals surface area contributed by atoms with Crippen molar-refractivity contribution in [1.82, 2.24) is 0 Å². The van der Waals surface area contributed by atoms with E-state index in [4.69, 9.17) is 9.15 Å². The van der Waals surface area contributed by atoms with E-state index in [2.05, 4.69) is 0 Å². The Morgan fingerprint density at radius 1 is 1.13 bits per heavy atom. The van der Waals surface area contributed by atoms with Gasteiger partial charge in [-0.2, -0.15) is 0 Å². The minimum absolute atomic E-state index is 0.00890. The second-order valence-corrected chi connectivity index (χ2v) is 5.51. The third kappa shape index (κ3) is 3.31. The summed E-state index contributed by atoms with van der Waals surface area (Å²) < 4.78 is 10.8. The summed E-state index contributed by atoms with van der Waals surface area (Å²) in [4.78, 5) is 23.2. The fourth-order valence-electron chi connectivity index (χ4n) is 2.38. The smallest absolute Gasteiger partial charge is 0.344 e. The van der Waals surface area contributed by atoms with Crippen molar-refractivity contribution in [2.75, 3.05) is 6.61 Å². The van der Waals surface area contributed by atoms with Gasteiger partial charge in [0.05, 0.1) is 5.56 Å². The highest BCUT2D eigenvalue weighted by atomic mass is 16.5. The summed E-state index contributed by atoms with van der Waals surface area (Å²) in [5, 5.41) is 0.870. The van der Waals surface area contributed by atoms with E-state index in [-0.39, 0.29) is 12.4 Å². The monoisotopic (exact) mass is 308 g/mol. The summed E-state index contributed by atoms with van der Waals surface area (Å²) in [6, 6.07) is 14.6. The molecule has 0 atom stereocenters. The molecular formula is C19H16O4. The van der Waals surface area contributed by atoms with Gasteiger partial charge in [-0.3, -0.25) is 4.79 Å². The maximum atomic E-state index is 12.2. The van der Waals surface area contributed by atoms with Crippen molar-refractivity contribution in [3.63, 3.8) is 0 Å². The van der Waals surface area contributed by atoms with Gasteiger partial charge in [0.25, 0.3) is 0 Å². The summed E-state index contributed by atoms with van der Waals surface area (Å²) in [6.07, 6.45) is 0. The minimum atomic E-state index is -0.398. The molecule has 23 heavy (non-hydrogen) atoms. The van der Waals surface area contributed by atoms with Gasteiger partial charge in [0.1, 0.15) is 17.9 Å². The van der Waals surface area contributed by atoms with Crippen LogP contribution in [0.1, 0.15) is 12.5 Å². The number of hydrogen-bond donors (Lipinski definition) is 0. The average Bonchev–Trinajstić information content (AvgIpc) is 2.53. The van der Waals surface area contributed by atoms with Crippen molar-refractivity contribution in [2.24, 2.45) is 0 Å². The lowest BCUT2D eigenvalue weighted by atomic mass is 10.0. The molecule has 1 aromatic heterocycles. The van der Waals surface area contributed by atoms with Crippen LogP contribution in [0.25, 0.3) is 22.1 Å². The van der Waals surface area contributed by atoms with Gasteiger partial charge < -0.3 is 9.15 Å². The lowest BCUT2D eigenvalue weighted by Gasteiger charge is -2.07. The third-order valence-corrected chi connectivity index (χ3v) is 3.47. The zero-order valence-corrected chi connectivity index (χ0v) is 13.0. The number of aryl methyl sites for hydroxylation is 1. The van der Waals surface area contributed by atoms with Crippen molar-refractivity contribution in [3.05, 3.63) is 64.5 Å². The molecule has 0 aliphatic heterocycles. The molecule has 0 radical (unpaired) electrons. The first-order valence-electron chi connectivity index (χ1n) is 7.30. The number of ether oxygens (including phenoxy) is 1. The van der Waals surface area contributed by atoms with Crippen LogP contribution in [0.15, 0.2) is 57.7 Å². The quantitative estimate of drug-likeness (QED) is 0.689. The molecule has 2 aromatic carbocycles. The van der Waals surface area contributed by atoms with Gasteiger partial charge in [-0.15, -0.1) is 0 Å². The predicted octanol–water partition coefficient (Wildman–Crippen LogP) is 3.74. The fourth-order valence-corrected chi connectivity index (χ4v) is 2.38. The van der Waals surface area contributed by atoms with Crippen molar-refractivity contribution in [3.8, 4) is 16.9 Å². The van der Waals surface area contributed by atoms with Gasteiger partial charge in [0, 0.05) is 5.39 Å². The van der Waals surface area contributed by atoms with Gasteiger partial charge in [-0.1, -0.05) is 23.8 Å². The van der Waals surface area contributed by atoms with E-state index in [1.165, 1.54) is 6.92 Å². The molecule has 0 saturated carbocycles. The molecule has 0 N–H and O–H groups in total. The summed E-state index contributed by atoms with van der Waals surface area (Å²) in [5.74, 6) is 0.484. The number of Topliss-reactive ketones (excluding diaryl/α,β-unsaturated/α-hetero) is 1. The van der Waals surface area contributed by atoms with Gasteiger partial charge in [-0.05, 0) is 49.7 Å². The Labute approximate surface area is 133 Å². The molecule has 0 aliphatic rings. The van der Waals surface area contributed by atoms with Crippen LogP contribution in [0.3, 0.4) is 0 Å². The first-order chi connectivity index (χ1) is 11.0. The Kier molecular flexibility index (Phi) is 3.98. The SMILES string of the molecule is CC(=O)COc1cccc(-c2cc3cc(C)ccc3oc2=O)c1. The molecule has 0 unspecified atom stereocenters. The highest BCUT2D eigenvalue weighted by Gasteiger charge is 2.09. The molecule has 0 amide bonds. The molecule has 3 rings (SSSR count). The van der Waals surface area contributed by atoms with Crippen LogP contribution in [-0.4, -0.2) is 12.4 Å². The fraction of sp³-hybridized carbons (Fsp3) is 0.158. The summed E-state index contributed by atoms with van der Waals surface area (Å²) in [5.41, 5.74) is 2.42. The van der Waals surface area contributed by atoms with Gasteiger partial charge >= 0.3 is 5.63 Å². The molecule has 0 saturated heterocycles. The Hall–Kier alpha value is -2.88. The number of benzene rings is 2. The van der Waals surface area contributed by atoms with E-state index in [1.807, 2.05) is 31.2 Å². The van der Waals surface area contributed by atoms with E-state index < -0.39 is 5.63 Å². The van der Waals surface area contributed by atoms with E-state index in [0.29, 0.717) is 22.5 Å². The molecule has 1 heterocycles. The Morgan fingerprint density at radius 3 is 2.74 bits per heavy atom. The number of rotatable bonds is 4. The summed E-state index contributed by atoms with van der Waals surface area (Å²) in [7, 11) is 0. The van der Waals surface area contributed by atoms with Crippen molar-refractivity contribution in [1.29, 1.82) is 0 Å². The first kappa shape index (κ1) is 15.0. The lowest BCUT2D eigenvalue weighted by Crippen LogP contribution is -2.07. The maximum absolute atomic E-state index is 12.2. The van der Waals surface area contributed by atoms with Gasteiger partial charge in [0.15, 0.2) is 5.78 Å². The summed E-state index contributed by atoms with van der Waals surface area (Å²) >= 11 is 0. The van der Waals surface area contributed by atoms with Crippen molar-refractivity contribution in [2.45, 2.75) is 13.8 Å². The number of ketones is 1. The number of carbonyl (C=O) groups excluding carboxylic acids is 1. The molecule has 0 fully saturated rings. The van der Waals surface area contributed by atoms with Gasteiger partial charge in [0.2, 0.25) is 0 Å². The standard InChI is InChI=1S/C19H16O4/c1-12-6-7-18-15(8-12)10-17(19(21)23-18)14-4-3-5-16(9-14)22-11-13(2)20/h3-10H,11H2,1-2H3. The van der Waals surface area contributed by atoms with E-state index in [1.54, 1.807) is 24.3 Å². The normalized spacial score (nSPS) is 10.7. The van der Waals surface area contributed by atoms with Crippen LogP contribution in [0.2, 0.25) is 0 Å². The Morgan fingerprint density at radius 2 is 1.96 bits per heavy atom. The average molecular weight is 308 g/mol. The van der Waals surface area contributed by atoms with Crippen LogP contribution in [-0.2, 0) is 4.79 Å². The number of fused-ring (bicyclic) bond motifs is 1. The second-order valence-electron chi connectivity index (χ2n) is 5.51. The number of carbonyl (C=O) groups is 1. The van der Waals surface area contributed by atoms with Crippen molar-refractivity contribution >= 4 is 16.8 Å². The largest absolute Gasteiger partial charge is 0.486 e. The molecular weight excluding hydrogens is 292 g/mol. The number of hydrogen-bond acceptors (Lipinski definition) is 4. The highest BCUT2D eigenvalue weighted by Crippen LogP contribution is 2.25. The first-order valence-corrected chi connectivity index (χ1v) is 7.30. The van der Waals surface area contributed by atoms with Crippen LogP contribution in [0.5, 0.6) is 5.75 Å². The topological polar surface area (TPSA) is 56.5 Å². The predicted molar refractivity (Wildman–Crippen MR) is 88.8 cm³/mol. The van der Waals surface area contributed by atoms with E-state index >= 15 is 0 Å². The molecule has 3 aromatic rings. The second kappa shape index (κ2) is 6.08. The van der Waals surface area contributed by atoms with Crippen LogP contribution < -0.4 is 10.4 Å². The van der Waals surface area contributed by atoms with Gasteiger partial charge in [-0.25, -0.2) is 4.79 Å². The van der Waals surface area contributed by atoms with Crippen LogP contribution >= 0.6 is 0 Å². The zero-order chi connectivity index (χ0) is 16.4. The zero-order valence-electron chi connectivity index (χ0n) is 13.0. The van der Waals surface area contributed by atoms with Crippen molar-refractivity contribution < 1.29 is 13.9 Å². The third-order valence-electron chi connectivity index (χ3n) is 3.47. The Bertz CT molecular complexity index is 937. The molecule has 116 valence electrons. The maximum Gasteiger partial charge on any atom is 0.344 e. The lowest BCUT2D eigenvalue weighted by molar-refractivity contribution is -0.118. The van der Waals surface area contributed by atoms with E-state index in [0.717, 1.165) is 10.9 Å². The molecule has 0 aliphatic carbocycles. The molecule has 0 spiro atoms. The Balaban J connectivity index is 2.05. The van der Waals surface area contributed by atoms with Crippen LogP contribution in [0, 0.1) is 6.92 Å². The molecule has 4 heteroatoms. The summed E-state index contributed by atoms with van der Waals surface area (Å²) in [6.45, 7) is 3.46. The highest BCUT2D eigenvalue weighted by molar-refractivity contribution is 5.82. The minimum Gasteiger partial charge on any atom is -0.486 e. The molecule has 0 bridgehead atoms. The van der Waals surface area contributed by atoms with Crippen LogP contribution in [0.4, 0.5) is 0 Å². The molecule has 4 nitrogen and oxygen atoms in total. The van der Waals surface area contributed by atoms with E-state index in [9.17, 15) is 9.59 Å².